The van der Waals surface area contributed by atoms with Gasteiger partial charge in [0, 0.05) is 32.4 Å². The van der Waals surface area contributed by atoms with Crippen LogP contribution in [0.4, 0.5) is 5.82 Å². The zero-order valence-electron chi connectivity index (χ0n) is 14.7. The van der Waals surface area contributed by atoms with Gasteiger partial charge in [-0.05, 0) is 37.1 Å². The molecule has 1 aliphatic rings. The van der Waals surface area contributed by atoms with Crippen molar-refractivity contribution in [1.29, 1.82) is 0 Å². The van der Waals surface area contributed by atoms with E-state index >= 15 is 0 Å². The van der Waals surface area contributed by atoms with Crippen molar-refractivity contribution in [3.63, 3.8) is 0 Å². The van der Waals surface area contributed by atoms with Gasteiger partial charge in [0.05, 0.1) is 10.4 Å². The summed E-state index contributed by atoms with van der Waals surface area (Å²) in [6.45, 7) is 0.838. The third-order valence-corrected chi connectivity index (χ3v) is 6.82. The van der Waals surface area contributed by atoms with Crippen LogP contribution in [-0.2, 0) is 10.0 Å². The molecule has 10 heteroatoms. The second-order valence-corrected chi connectivity index (χ2v) is 8.42. The number of fused-ring (bicyclic) bond motifs is 1. The van der Waals surface area contributed by atoms with Crippen LogP contribution >= 0.6 is 0 Å². The maximum absolute atomic E-state index is 13.0. The van der Waals surface area contributed by atoms with E-state index in [-0.39, 0.29) is 10.9 Å². The highest BCUT2D eigenvalue weighted by atomic mass is 32.2. The van der Waals surface area contributed by atoms with Gasteiger partial charge in [0.25, 0.3) is 0 Å². The van der Waals surface area contributed by atoms with Gasteiger partial charge in [-0.2, -0.15) is 4.31 Å². The van der Waals surface area contributed by atoms with Gasteiger partial charge in [-0.15, -0.1) is 0 Å². The third-order valence-electron chi connectivity index (χ3n) is 4.93. The summed E-state index contributed by atoms with van der Waals surface area (Å²) in [5.41, 5.74) is 0.712. The van der Waals surface area contributed by atoms with E-state index in [1.165, 1.54) is 28.8 Å². The van der Waals surface area contributed by atoms with Crippen molar-refractivity contribution in [2.24, 2.45) is 0 Å². The van der Waals surface area contributed by atoms with Crippen LogP contribution in [0.25, 0.3) is 11.1 Å². The number of H-pyrrole nitrogens is 1. The third kappa shape index (κ3) is 3.33. The number of aromatic amines is 1. The molecule has 3 aromatic rings. The maximum Gasteiger partial charge on any atom is 0.417 e. The smallest absolute Gasteiger partial charge is 0.408 e. The minimum Gasteiger partial charge on any atom is -0.408 e. The number of hydrogen-bond acceptors (Lipinski definition) is 7. The average molecular weight is 389 g/mol. The molecule has 0 amide bonds. The molecule has 0 aliphatic carbocycles. The number of aromatic nitrogens is 3. The molecule has 0 bridgehead atoms. The van der Waals surface area contributed by atoms with E-state index in [0.29, 0.717) is 37.0 Å². The first-order valence-electron chi connectivity index (χ1n) is 8.57. The Morgan fingerprint density at radius 3 is 2.74 bits per heavy atom. The number of oxazole rings is 1. The quantitative estimate of drug-likeness (QED) is 0.713. The molecule has 1 aromatic carbocycles. The molecule has 2 aromatic heterocycles. The molecule has 1 N–H and O–H groups in total. The Morgan fingerprint density at radius 1 is 1.26 bits per heavy atom. The molecule has 0 unspecified atom stereocenters. The minimum atomic E-state index is -3.63. The fraction of sp³-hybridized carbons (Fsp3) is 0.353. The molecule has 0 atom stereocenters. The van der Waals surface area contributed by atoms with Crippen LogP contribution < -0.4 is 10.7 Å². The summed E-state index contributed by atoms with van der Waals surface area (Å²) in [6, 6.07) is 6.45. The van der Waals surface area contributed by atoms with E-state index in [9.17, 15) is 13.2 Å². The molecule has 27 heavy (non-hydrogen) atoms. The Labute approximate surface area is 155 Å². The van der Waals surface area contributed by atoms with E-state index in [4.69, 9.17) is 4.42 Å². The lowest BCUT2D eigenvalue weighted by molar-refractivity contribution is 0.314. The molecule has 1 aliphatic heterocycles. The molecule has 9 nitrogen and oxygen atoms in total. The van der Waals surface area contributed by atoms with Crippen LogP contribution in [0.5, 0.6) is 0 Å². The summed E-state index contributed by atoms with van der Waals surface area (Å²) < 4.78 is 32.3. The molecule has 142 valence electrons. The average Bonchev–Trinajstić information content (AvgIpc) is 3.07. The van der Waals surface area contributed by atoms with Crippen molar-refractivity contribution in [3.05, 3.63) is 47.3 Å². The van der Waals surface area contributed by atoms with Crippen LogP contribution in [0.3, 0.4) is 0 Å². The normalized spacial score (nSPS) is 16.6. The van der Waals surface area contributed by atoms with Crippen LogP contribution in [0, 0.1) is 0 Å². The topological polar surface area (TPSA) is 112 Å². The molecule has 4 rings (SSSR count). The van der Waals surface area contributed by atoms with Gasteiger partial charge < -0.3 is 9.32 Å². The SMILES string of the molecule is CN(c1ccncn1)C1CCN(S(=O)(=O)c2ccc3oc(=O)[nH]c3c2)CC1. The number of rotatable bonds is 4. The van der Waals surface area contributed by atoms with Gasteiger partial charge >= 0.3 is 5.76 Å². The minimum absolute atomic E-state index is 0.148. The first-order chi connectivity index (χ1) is 12.9. The van der Waals surface area contributed by atoms with Crippen molar-refractivity contribution in [3.8, 4) is 0 Å². The number of anilines is 1. The molecule has 0 saturated carbocycles. The summed E-state index contributed by atoms with van der Waals surface area (Å²) in [5, 5.41) is 0. The largest absolute Gasteiger partial charge is 0.417 e. The highest BCUT2D eigenvalue weighted by Gasteiger charge is 2.31. The number of piperidine rings is 1. The Hall–Kier alpha value is -2.72. The molecular formula is C17H19N5O4S. The summed E-state index contributed by atoms with van der Waals surface area (Å²) in [6.07, 6.45) is 4.59. The summed E-state index contributed by atoms with van der Waals surface area (Å²) in [7, 11) is -1.67. The predicted molar refractivity (Wildman–Crippen MR) is 99.1 cm³/mol. The summed E-state index contributed by atoms with van der Waals surface area (Å²) >= 11 is 0. The molecular weight excluding hydrogens is 370 g/mol. The second-order valence-electron chi connectivity index (χ2n) is 6.49. The Kier molecular flexibility index (Phi) is 4.44. The molecule has 3 heterocycles. The van der Waals surface area contributed by atoms with Gasteiger partial charge in [-0.3, -0.25) is 4.98 Å². The van der Waals surface area contributed by atoms with Gasteiger partial charge in [0.2, 0.25) is 10.0 Å². The zero-order valence-corrected chi connectivity index (χ0v) is 15.5. The lowest BCUT2D eigenvalue weighted by atomic mass is 10.1. The monoisotopic (exact) mass is 389 g/mol. The van der Waals surface area contributed by atoms with Gasteiger partial charge in [0.15, 0.2) is 5.58 Å². The molecule has 1 saturated heterocycles. The van der Waals surface area contributed by atoms with Crippen molar-refractivity contribution >= 4 is 26.9 Å². The van der Waals surface area contributed by atoms with Crippen molar-refractivity contribution in [2.75, 3.05) is 25.0 Å². The number of nitrogens with one attached hydrogen (secondary N) is 1. The van der Waals surface area contributed by atoms with Gasteiger partial charge in [-0.25, -0.2) is 23.2 Å². The number of hydrogen-bond donors (Lipinski definition) is 1. The van der Waals surface area contributed by atoms with Crippen molar-refractivity contribution < 1.29 is 12.8 Å². The van der Waals surface area contributed by atoms with E-state index in [1.54, 1.807) is 6.20 Å². The van der Waals surface area contributed by atoms with Crippen LogP contribution in [-0.4, -0.2) is 53.9 Å². The lowest BCUT2D eigenvalue weighted by Crippen LogP contribution is -2.45. The first kappa shape index (κ1) is 17.7. The summed E-state index contributed by atoms with van der Waals surface area (Å²) in [5.74, 6) is 0.216. The maximum atomic E-state index is 13.0. The van der Waals surface area contributed by atoms with Gasteiger partial charge in [-0.1, -0.05) is 0 Å². The van der Waals surface area contributed by atoms with E-state index in [1.807, 2.05) is 13.1 Å². The van der Waals surface area contributed by atoms with Crippen molar-refractivity contribution in [2.45, 2.75) is 23.8 Å². The first-order valence-corrected chi connectivity index (χ1v) is 10.0. The number of benzene rings is 1. The highest BCUT2D eigenvalue weighted by molar-refractivity contribution is 7.89. The van der Waals surface area contributed by atoms with Gasteiger partial charge in [0.1, 0.15) is 12.1 Å². The number of sulfonamides is 1. The van der Waals surface area contributed by atoms with Crippen molar-refractivity contribution in [1.82, 2.24) is 19.3 Å². The lowest BCUT2D eigenvalue weighted by Gasteiger charge is -2.36. The molecule has 0 radical (unpaired) electrons. The second kappa shape index (κ2) is 6.78. The Bertz CT molecular complexity index is 1100. The van der Waals surface area contributed by atoms with Crippen LogP contribution in [0.1, 0.15) is 12.8 Å². The molecule has 1 fully saturated rings. The Balaban J connectivity index is 1.50. The highest BCUT2D eigenvalue weighted by Crippen LogP contribution is 2.26. The summed E-state index contributed by atoms with van der Waals surface area (Å²) in [4.78, 5) is 24.1. The van der Waals surface area contributed by atoms with Crippen LogP contribution in [0.15, 0.2) is 50.9 Å². The Morgan fingerprint density at radius 2 is 2.04 bits per heavy atom. The predicted octanol–water partition coefficient (Wildman–Crippen LogP) is 1.20. The standard InChI is InChI=1S/C17H19N5O4S/c1-21(16-4-7-18-11-19-16)12-5-8-22(9-6-12)27(24,25)13-2-3-15-14(10-13)20-17(23)26-15/h2-4,7,10-12H,5-6,8-9H2,1H3,(H,20,23). The fourth-order valence-corrected chi connectivity index (χ4v) is 4.89. The number of nitrogens with zero attached hydrogens (tertiary/aromatic N) is 4. The fourth-order valence-electron chi connectivity index (χ4n) is 3.39. The van der Waals surface area contributed by atoms with Crippen LogP contribution in [0.2, 0.25) is 0 Å². The molecule has 0 spiro atoms. The zero-order chi connectivity index (χ0) is 19.0. The van der Waals surface area contributed by atoms with E-state index < -0.39 is 15.8 Å². The van der Waals surface area contributed by atoms with E-state index in [0.717, 1.165) is 5.82 Å². The van der Waals surface area contributed by atoms with E-state index in [2.05, 4.69) is 19.9 Å².